The molecule has 0 saturated heterocycles. The lowest BCUT2D eigenvalue weighted by atomic mass is 9.84. The van der Waals surface area contributed by atoms with E-state index in [1.165, 1.54) is 75.3 Å². The van der Waals surface area contributed by atoms with E-state index in [1.54, 1.807) is 0 Å². The predicted octanol–water partition coefficient (Wildman–Crippen LogP) is 15.0. The minimum absolute atomic E-state index is 0.0314. The Hall–Kier alpha value is -6.88. The normalized spacial score (nSPS) is 18.0. The summed E-state index contributed by atoms with van der Waals surface area (Å²) in [6.07, 6.45) is 22.2. The summed E-state index contributed by atoms with van der Waals surface area (Å²) >= 11 is 1.86. The average Bonchev–Trinajstić information content (AvgIpc) is 3.86. The number of fused-ring (bicyclic) bond motifs is 9. The molecular formula is C55H40N2OS. The molecule has 2 aromatic heterocycles. The van der Waals surface area contributed by atoms with Crippen LogP contribution in [0.4, 0.5) is 11.4 Å². The van der Waals surface area contributed by atoms with E-state index in [9.17, 15) is 0 Å². The summed E-state index contributed by atoms with van der Waals surface area (Å²) in [5, 5.41) is 10.2. The highest BCUT2D eigenvalue weighted by molar-refractivity contribution is 7.25. The van der Waals surface area contributed by atoms with Crippen LogP contribution in [-0.4, -0.2) is 0 Å². The number of hydrogen-bond acceptors (Lipinski definition) is 4. The number of nitrogens with one attached hydrogen (secondary N) is 1. The number of anilines is 2. The monoisotopic (exact) mass is 776 g/mol. The van der Waals surface area contributed by atoms with E-state index in [0.29, 0.717) is 0 Å². The third-order valence-corrected chi connectivity index (χ3v) is 13.7. The number of thiophene rings is 1. The lowest BCUT2D eigenvalue weighted by Gasteiger charge is -2.30. The van der Waals surface area contributed by atoms with Crippen molar-refractivity contribution in [3.05, 3.63) is 215 Å². The summed E-state index contributed by atoms with van der Waals surface area (Å²) in [6.45, 7) is 4.74. The van der Waals surface area contributed by atoms with Crippen LogP contribution in [0.2, 0.25) is 0 Å². The van der Waals surface area contributed by atoms with Crippen molar-refractivity contribution in [2.45, 2.75) is 31.7 Å². The Balaban J connectivity index is 0.964. The zero-order valence-corrected chi connectivity index (χ0v) is 33.4. The van der Waals surface area contributed by atoms with Gasteiger partial charge in [-0.15, -0.1) is 11.3 Å². The van der Waals surface area contributed by atoms with Gasteiger partial charge in [0.1, 0.15) is 11.3 Å². The van der Waals surface area contributed by atoms with E-state index >= 15 is 0 Å². The quantitative estimate of drug-likeness (QED) is 0.193. The van der Waals surface area contributed by atoms with Gasteiger partial charge in [0.15, 0.2) is 0 Å². The average molecular weight is 777 g/mol. The SMILES string of the molecule is C=C1C2=C(C=CCC2)/C=C\N(c2ccc(C3=CC(c4ccc5oc6c(c5c4)C=CCC6)=CC(c4ccc5sc6ccccc6c5c4)N3)cc2)c2ccc3ccccc3c21. The lowest BCUT2D eigenvalue weighted by molar-refractivity contribution is 0.546. The van der Waals surface area contributed by atoms with Gasteiger partial charge in [0.05, 0.1) is 11.7 Å². The van der Waals surface area contributed by atoms with Crippen molar-refractivity contribution in [3.63, 3.8) is 0 Å². The summed E-state index contributed by atoms with van der Waals surface area (Å²) in [5.74, 6) is 1.09. The van der Waals surface area contributed by atoms with Crippen LogP contribution in [0.25, 0.3) is 64.8 Å². The molecule has 0 spiro atoms. The summed E-state index contributed by atoms with van der Waals surface area (Å²) < 4.78 is 8.95. The standard InChI is InChI=1S/C55H40N2OS/c1-34-42-12-4-2-11-36(42)28-29-57(50-25-20-35-10-3-5-13-43(35)55(34)50)41-23-18-37(19-24-41)48-32-40(38-21-26-52-46(30-38)44-14-6-8-16-51(44)58-52)33-49(56-48)39-22-27-54-47(31-39)45-15-7-9-17-53(45)59-54/h2-3,5-7,9-11,13-15,17-33,49,56H,1,4,8,12,16H2/b29-28-. The van der Waals surface area contributed by atoms with Crippen LogP contribution in [0.15, 0.2) is 186 Å². The number of aryl methyl sites for hydroxylation is 1. The van der Waals surface area contributed by atoms with Crippen LogP contribution in [0, 0.1) is 0 Å². The van der Waals surface area contributed by atoms with Gasteiger partial charge < -0.3 is 14.6 Å². The smallest absolute Gasteiger partial charge is 0.134 e. The summed E-state index contributed by atoms with van der Waals surface area (Å²) in [4.78, 5) is 2.33. The molecule has 0 bridgehead atoms. The molecule has 4 heterocycles. The molecule has 0 saturated carbocycles. The first-order chi connectivity index (χ1) is 29.1. The van der Waals surface area contributed by atoms with Crippen molar-refractivity contribution in [2.75, 3.05) is 4.90 Å². The van der Waals surface area contributed by atoms with Gasteiger partial charge in [-0.25, -0.2) is 0 Å². The molecule has 0 amide bonds. The van der Waals surface area contributed by atoms with Crippen LogP contribution in [0.3, 0.4) is 0 Å². The molecule has 1 atom stereocenters. The van der Waals surface area contributed by atoms with Crippen molar-refractivity contribution in [1.82, 2.24) is 5.32 Å². The first-order valence-electron chi connectivity index (χ1n) is 20.7. The highest BCUT2D eigenvalue weighted by Crippen LogP contribution is 2.45. The van der Waals surface area contributed by atoms with Gasteiger partial charge in [0.25, 0.3) is 0 Å². The van der Waals surface area contributed by atoms with Gasteiger partial charge in [-0.05, 0) is 136 Å². The van der Waals surface area contributed by atoms with E-state index in [2.05, 4.69) is 180 Å². The van der Waals surface area contributed by atoms with Crippen LogP contribution < -0.4 is 10.2 Å². The van der Waals surface area contributed by atoms with Crippen LogP contribution in [0.1, 0.15) is 58.9 Å². The molecule has 0 fully saturated rings. The van der Waals surface area contributed by atoms with Crippen LogP contribution >= 0.6 is 11.3 Å². The van der Waals surface area contributed by atoms with Gasteiger partial charge in [-0.2, -0.15) is 0 Å². The third kappa shape index (κ3) is 5.70. The first kappa shape index (κ1) is 34.2. The van der Waals surface area contributed by atoms with Crippen molar-refractivity contribution in [3.8, 4) is 0 Å². The fraction of sp³-hybridized carbons (Fsp3) is 0.0909. The van der Waals surface area contributed by atoms with Gasteiger partial charge in [-0.1, -0.05) is 104 Å². The molecule has 1 N–H and O–H groups in total. The topological polar surface area (TPSA) is 28.4 Å². The molecule has 4 aliphatic rings. The zero-order chi connectivity index (χ0) is 39.0. The van der Waals surface area contributed by atoms with Gasteiger partial charge in [0.2, 0.25) is 0 Å². The third-order valence-electron chi connectivity index (χ3n) is 12.6. The second kappa shape index (κ2) is 13.6. The van der Waals surface area contributed by atoms with E-state index in [4.69, 9.17) is 11.0 Å². The summed E-state index contributed by atoms with van der Waals surface area (Å²) in [7, 11) is 0. The maximum absolute atomic E-state index is 6.32. The second-order valence-corrected chi connectivity index (χ2v) is 17.1. The minimum atomic E-state index is -0.0314. The largest absolute Gasteiger partial charge is 0.460 e. The van der Waals surface area contributed by atoms with E-state index in [-0.39, 0.29) is 6.04 Å². The maximum Gasteiger partial charge on any atom is 0.134 e. The molecule has 2 aliphatic heterocycles. The Morgan fingerprint density at radius 2 is 1.51 bits per heavy atom. The zero-order valence-electron chi connectivity index (χ0n) is 32.5. The molecule has 12 rings (SSSR count). The summed E-state index contributed by atoms with van der Waals surface area (Å²) in [5.41, 5.74) is 15.1. The number of nitrogens with zero attached hydrogens (tertiary/aromatic N) is 1. The van der Waals surface area contributed by atoms with Gasteiger partial charge in [0, 0.05) is 60.7 Å². The van der Waals surface area contributed by atoms with E-state index < -0.39 is 0 Å². The van der Waals surface area contributed by atoms with Crippen molar-refractivity contribution < 1.29 is 4.42 Å². The fourth-order valence-electron chi connectivity index (χ4n) is 9.58. The molecule has 8 aromatic rings. The lowest BCUT2D eigenvalue weighted by Crippen LogP contribution is -2.21. The Kier molecular flexibility index (Phi) is 7.89. The number of dihydropyridines is 1. The molecule has 6 aromatic carbocycles. The van der Waals surface area contributed by atoms with Crippen LogP contribution in [-0.2, 0) is 6.42 Å². The molecule has 3 nitrogen and oxygen atoms in total. The molecule has 1 unspecified atom stereocenters. The van der Waals surface area contributed by atoms with Gasteiger partial charge >= 0.3 is 0 Å². The van der Waals surface area contributed by atoms with E-state index in [0.717, 1.165) is 65.2 Å². The number of benzene rings is 6. The molecule has 59 heavy (non-hydrogen) atoms. The number of furan rings is 1. The van der Waals surface area contributed by atoms with Crippen LogP contribution in [0.5, 0.6) is 0 Å². The van der Waals surface area contributed by atoms with E-state index in [1.807, 2.05) is 11.3 Å². The second-order valence-electron chi connectivity index (χ2n) is 16.0. The van der Waals surface area contributed by atoms with Crippen molar-refractivity contribution >= 4 is 87.5 Å². The maximum atomic E-state index is 6.32. The molecular weight excluding hydrogens is 737 g/mol. The van der Waals surface area contributed by atoms with Crippen molar-refractivity contribution in [1.29, 1.82) is 0 Å². The minimum Gasteiger partial charge on any atom is -0.460 e. The number of rotatable bonds is 4. The highest BCUT2D eigenvalue weighted by Gasteiger charge is 2.25. The Morgan fingerprint density at radius 1 is 0.695 bits per heavy atom. The highest BCUT2D eigenvalue weighted by atomic mass is 32.1. The van der Waals surface area contributed by atoms with Crippen molar-refractivity contribution in [2.24, 2.45) is 0 Å². The molecule has 282 valence electrons. The number of allylic oxidation sites excluding steroid dienone is 9. The molecule has 2 aliphatic carbocycles. The molecule has 4 heteroatoms. The first-order valence-corrected chi connectivity index (χ1v) is 21.5. The van der Waals surface area contributed by atoms with Gasteiger partial charge in [-0.3, -0.25) is 0 Å². The number of hydrogen-bond donors (Lipinski definition) is 1. The Bertz CT molecular complexity index is 3270. The fourth-order valence-corrected chi connectivity index (χ4v) is 10.7. The molecule has 0 radical (unpaired) electrons. The Morgan fingerprint density at radius 3 is 2.44 bits per heavy atom. The predicted molar refractivity (Wildman–Crippen MR) is 251 cm³/mol. The Labute approximate surface area is 347 Å². The summed E-state index contributed by atoms with van der Waals surface area (Å²) in [6, 6.07) is 44.6.